The Balaban J connectivity index is 0.743. The first-order valence-corrected chi connectivity index (χ1v) is 39.0. The van der Waals surface area contributed by atoms with Crippen LogP contribution in [0.2, 0.25) is 0 Å². The van der Waals surface area contributed by atoms with Gasteiger partial charge in [-0.05, 0) is 141 Å². The average molecular weight is 1430 g/mol. The highest BCUT2D eigenvalue weighted by Gasteiger charge is 2.49. The van der Waals surface area contributed by atoms with Gasteiger partial charge in [0.05, 0.1) is 5.41 Å². The molecule has 1 atom stereocenters. The maximum Gasteiger partial charge on any atom is 0.165 e. The quantitative estimate of drug-likeness (QED) is 0.136. The fraction of sp³-hybridized carbons (Fsp3) is 0.0693. The predicted molar refractivity (Wildman–Crippen MR) is 452 cm³/mol. The van der Waals surface area contributed by atoms with Gasteiger partial charge >= 0.3 is 0 Å². The van der Waals surface area contributed by atoms with Crippen LogP contribution in [0.1, 0.15) is 72.2 Å². The molecule has 0 fully saturated rings. The van der Waals surface area contributed by atoms with Gasteiger partial charge in [-0.3, -0.25) is 0 Å². The van der Waals surface area contributed by atoms with Gasteiger partial charge in [-0.15, -0.1) is 22.7 Å². The maximum absolute atomic E-state index is 5.81. The normalized spacial score (nSPS) is 14.8. The second kappa shape index (κ2) is 24.0. The third-order valence-electron chi connectivity index (χ3n) is 23.7. The number of hydrogen-bond acceptors (Lipinski definition) is 8. The second-order valence-electron chi connectivity index (χ2n) is 30.2. The van der Waals surface area contributed by atoms with Crippen LogP contribution in [0, 0.1) is 0 Å². The summed E-state index contributed by atoms with van der Waals surface area (Å²) in [7, 11) is 0. The summed E-state index contributed by atoms with van der Waals surface area (Å²) in [6, 6.07) is 120. The molecule has 512 valence electrons. The van der Waals surface area contributed by atoms with E-state index in [0.717, 1.165) is 104 Å². The Morgan fingerprint density at radius 2 is 0.606 bits per heavy atom. The third-order valence-corrected chi connectivity index (χ3v) is 26.1. The monoisotopic (exact) mass is 1430 g/mol. The number of nitrogens with zero attached hydrogens (tertiary/aromatic N) is 6. The molecular weight excluding hydrogens is 1360 g/mol. The zero-order chi connectivity index (χ0) is 72.4. The molecule has 19 aromatic rings. The first-order valence-electron chi connectivity index (χ1n) is 37.4. The molecule has 22 rings (SSSR count). The van der Waals surface area contributed by atoms with Crippen LogP contribution in [0.4, 0.5) is 0 Å². The Labute approximate surface area is 639 Å². The van der Waals surface area contributed by atoms with Gasteiger partial charge in [0, 0.05) is 84.6 Å². The van der Waals surface area contributed by atoms with Gasteiger partial charge < -0.3 is 0 Å². The number of aromatic nitrogens is 6. The van der Waals surface area contributed by atoms with Crippen LogP contribution in [0.5, 0.6) is 0 Å². The highest BCUT2D eigenvalue weighted by Crippen LogP contribution is 2.61. The fourth-order valence-corrected chi connectivity index (χ4v) is 21.4. The van der Waals surface area contributed by atoms with Crippen molar-refractivity contribution in [2.75, 3.05) is 0 Å². The summed E-state index contributed by atoms with van der Waals surface area (Å²) in [6.45, 7) is 9.48. The highest BCUT2D eigenvalue weighted by atomic mass is 32.1. The highest BCUT2D eigenvalue weighted by molar-refractivity contribution is 7.26. The average Bonchev–Trinajstić information content (AvgIpc) is 1.54. The van der Waals surface area contributed by atoms with E-state index >= 15 is 0 Å². The minimum absolute atomic E-state index is 0.315. The second-order valence-corrected chi connectivity index (χ2v) is 32.3. The number of hydrogen-bond donors (Lipinski definition) is 0. The molecule has 109 heavy (non-hydrogen) atoms. The van der Waals surface area contributed by atoms with Gasteiger partial charge in [0.2, 0.25) is 0 Å². The molecule has 15 aromatic carbocycles. The topological polar surface area (TPSA) is 77.3 Å². The van der Waals surface area contributed by atoms with Gasteiger partial charge in [-0.2, -0.15) is 0 Å². The summed E-state index contributed by atoms with van der Waals surface area (Å²) in [5.41, 5.74) is 25.2. The SMILES string of the molecule is CC1(C)c2ccccc2-c2cccc(-c3nc(-c4cccc5c4-c4cccc(-c6cccc(C7(c8ccccc8)c8ccccc8-c8cccc(-c9nc(-c%10ccccc%10-c%10cccc%11ccccc%10%11)nc(-c%10cccc%11c%10sc%10ccccc%10%11)n9)c87)c6)c4C5(C)C)nc(-c4cccc5c4sc4ccccc45)n3)c21. The van der Waals surface area contributed by atoms with E-state index in [9.17, 15) is 0 Å². The van der Waals surface area contributed by atoms with Crippen molar-refractivity contribution < 1.29 is 0 Å². The molecule has 0 bridgehead atoms. The van der Waals surface area contributed by atoms with E-state index in [-0.39, 0.29) is 5.41 Å². The summed E-state index contributed by atoms with van der Waals surface area (Å²) in [6.07, 6.45) is 0. The molecular formula is C101H66N6S2. The van der Waals surface area contributed by atoms with Crippen molar-refractivity contribution in [2.45, 2.75) is 43.9 Å². The molecule has 6 nitrogen and oxygen atoms in total. The van der Waals surface area contributed by atoms with Gasteiger partial charge in [0.25, 0.3) is 0 Å². The Morgan fingerprint density at radius 1 is 0.229 bits per heavy atom. The maximum atomic E-state index is 5.81. The first kappa shape index (κ1) is 63.3. The third kappa shape index (κ3) is 9.32. The molecule has 4 heterocycles. The molecule has 0 spiro atoms. The van der Waals surface area contributed by atoms with Gasteiger partial charge in [0.15, 0.2) is 34.9 Å². The standard InChI is InChI=1S/C101H66N6S2/c1-99(2)82-53-16-12-36-67(82)71-43-23-49-78(89(71)99)95-104-94(105-98(106-95)81-52-26-46-74-70-39-15-19-57-86(70)109-92(74)81)77-48-27-55-84-87(77)76-47-22-41-64(88(76)100(84,3)4)60-30-20-33-62(58-60)101(61-31-6-5-7-32-61)83-54-17-13-37-68(83)72-44-24-50-79(90(72)101)96-102-93(75-40-11-10-35-66(75)65-42-21-29-59-28-8-9-34-63(59)65)103-97(107-96)80-51-25-45-73-69-38-14-18-56-85(69)108-91(73)80/h5-58H,1-4H3. The van der Waals surface area contributed by atoms with E-state index in [0.29, 0.717) is 34.9 Å². The molecule has 1 unspecified atom stereocenters. The lowest BCUT2D eigenvalue weighted by molar-refractivity contribution is 0.661. The van der Waals surface area contributed by atoms with Crippen LogP contribution in [0.25, 0.3) is 175 Å². The molecule has 3 aliphatic rings. The van der Waals surface area contributed by atoms with E-state index in [2.05, 4.69) is 355 Å². The van der Waals surface area contributed by atoms with E-state index in [1.807, 2.05) is 0 Å². The van der Waals surface area contributed by atoms with Crippen molar-refractivity contribution in [1.82, 2.24) is 29.9 Å². The smallest absolute Gasteiger partial charge is 0.165 e. The van der Waals surface area contributed by atoms with Gasteiger partial charge in [-0.25, -0.2) is 29.9 Å². The van der Waals surface area contributed by atoms with E-state index < -0.39 is 10.8 Å². The lowest BCUT2D eigenvalue weighted by Gasteiger charge is -2.35. The van der Waals surface area contributed by atoms with E-state index in [4.69, 9.17) is 29.9 Å². The summed E-state index contributed by atoms with van der Waals surface area (Å²) < 4.78 is 4.74. The van der Waals surface area contributed by atoms with Crippen LogP contribution >= 0.6 is 22.7 Å². The van der Waals surface area contributed by atoms with Crippen LogP contribution < -0.4 is 0 Å². The summed E-state index contributed by atoms with van der Waals surface area (Å²) in [5, 5.41) is 7.16. The summed E-state index contributed by atoms with van der Waals surface area (Å²) in [4.78, 5) is 34.3. The Kier molecular flexibility index (Phi) is 13.9. The van der Waals surface area contributed by atoms with E-state index in [1.54, 1.807) is 22.7 Å². The van der Waals surface area contributed by atoms with Crippen molar-refractivity contribution in [1.29, 1.82) is 0 Å². The Hall–Kier alpha value is -13.0. The van der Waals surface area contributed by atoms with Crippen molar-refractivity contribution in [3.8, 4) is 124 Å². The first-order chi connectivity index (χ1) is 53.6. The molecule has 0 radical (unpaired) electrons. The zero-order valence-corrected chi connectivity index (χ0v) is 61.8. The fourth-order valence-electron chi connectivity index (χ4n) is 19.0. The van der Waals surface area contributed by atoms with Crippen molar-refractivity contribution in [3.63, 3.8) is 0 Å². The number of rotatable bonds is 10. The minimum Gasteiger partial charge on any atom is -0.208 e. The predicted octanol–water partition coefficient (Wildman–Crippen LogP) is 26.3. The summed E-state index contributed by atoms with van der Waals surface area (Å²) >= 11 is 3.59. The molecule has 0 aliphatic heterocycles. The lowest BCUT2D eigenvalue weighted by atomic mass is 9.66. The molecule has 0 saturated carbocycles. The van der Waals surface area contributed by atoms with Gasteiger partial charge in [-0.1, -0.05) is 325 Å². The molecule has 4 aromatic heterocycles. The molecule has 8 heteroatoms. The van der Waals surface area contributed by atoms with Gasteiger partial charge in [0.1, 0.15) is 0 Å². The molecule has 0 saturated heterocycles. The summed E-state index contributed by atoms with van der Waals surface area (Å²) in [5.74, 6) is 3.76. The molecule has 3 aliphatic carbocycles. The van der Waals surface area contributed by atoms with Crippen LogP contribution in [-0.2, 0) is 16.2 Å². The van der Waals surface area contributed by atoms with Crippen molar-refractivity contribution in [2.24, 2.45) is 0 Å². The van der Waals surface area contributed by atoms with Crippen molar-refractivity contribution >= 4 is 73.8 Å². The van der Waals surface area contributed by atoms with Crippen LogP contribution in [-0.4, -0.2) is 29.9 Å². The minimum atomic E-state index is -0.881. The number of fused-ring (bicyclic) bond motifs is 16. The Bertz CT molecular complexity index is 7080. The number of benzene rings is 15. The van der Waals surface area contributed by atoms with E-state index in [1.165, 1.54) is 80.8 Å². The molecule has 0 N–H and O–H groups in total. The zero-order valence-electron chi connectivity index (χ0n) is 60.2. The molecule has 0 amide bonds. The van der Waals surface area contributed by atoms with Crippen LogP contribution in [0.15, 0.2) is 328 Å². The van der Waals surface area contributed by atoms with Crippen molar-refractivity contribution in [3.05, 3.63) is 372 Å². The number of thiophene rings is 2. The largest absolute Gasteiger partial charge is 0.208 e. The van der Waals surface area contributed by atoms with Crippen LogP contribution in [0.3, 0.4) is 0 Å². The lowest BCUT2D eigenvalue weighted by Crippen LogP contribution is -2.29. The Morgan fingerprint density at radius 3 is 1.28 bits per heavy atom.